The van der Waals surface area contributed by atoms with Crippen molar-refractivity contribution in [1.82, 2.24) is 0 Å². The van der Waals surface area contributed by atoms with Gasteiger partial charge in [-0.05, 0) is 24.6 Å². The van der Waals surface area contributed by atoms with Crippen LogP contribution in [0.2, 0.25) is 0 Å². The van der Waals surface area contributed by atoms with E-state index in [1.54, 1.807) is 14.2 Å². The molecule has 1 aliphatic rings. The minimum Gasteiger partial charge on any atom is -0.497 e. The van der Waals surface area contributed by atoms with E-state index in [0.717, 1.165) is 23.5 Å². The Hall–Kier alpha value is -1.22. The molecular weight excluding hydrogens is 190 g/mol. The van der Waals surface area contributed by atoms with Crippen molar-refractivity contribution in [2.75, 3.05) is 14.2 Å². The third kappa shape index (κ3) is 1.57. The zero-order chi connectivity index (χ0) is 11.1. The molecule has 82 valence electrons. The summed E-state index contributed by atoms with van der Waals surface area (Å²) in [6.45, 7) is 2.16. The van der Waals surface area contributed by atoms with Crippen molar-refractivity contribution in [2.45, 2.75) is 24.8 Å². The van der Waals surface area contributed by atoms with Gasteiger partial charge >= 0.3 is 0 Å². The van der Waals surface area contributed by atoms with Crippen LogP contribution in [-0.2, 0) is 5.41 Å². The van der Waals surface area contributed by atoms with E-state index in [-0.39, 0.29) is 11.5 Å². The predicted molar refractivity (Wildman–Crippen MR) is 59.5 cm³/mol. The van der Waals surface area contributed by atoms with E-state index >= 15 is 0 Å². The quantitative estimate of drug-likeness (QED) is 0.820. The fourth-order valence-corrected chi connectivity index (χ4v) is 1.97. The van der Waals surface area contributed by atoms with Crippen molar-refractivity contribution >= 4 is 0 Å². The Labute approximate surface area is 90.2 Å². The zero-order valence-electron chi connectivity index (χ0n) is 9.41. The number of hydrogen-bond donors (Lipinski definition) is 1. The standard InChI is InChI=1S/C12H17NO2/c1-12(7-11(12)13)9-6-8(14-2)4-5-10(9)15-3/h4-6,11H,7,13H2,1-3H3. The molecule has 1 aromatic carbocycles. The van der Waals surface area contributed by atoms with Gasteiger partial charge < -0.3 is 15.2 Å². The van der Waals surface area contributed by atoms with E-state index in [0.29, 0.717) is 0 Å². The molecule has 2 rings (SSSR count). The summed E-state index contributed by atoms with van der Waals surface area (Å²) >= 11 is 0. The van der Waals surface area contributed by atoms with Crippen LogP contribution in [0.15, 0.2) is 18.2 Å². The maximum absolute atomic E-state index is 5.95. The van der Waals surface area contributed by atoms with Gasteiger partial charge in [0.15, 0.2) is 0 Å². The van der Waals surface area contributed by atoms with Crippen LogP contribution < -0.4 is 15.2 Å². The normalized spacial score (nSPS) is 28.7. The Morgan fingerprint density at radius 1 is 1.33 bits per heavy atom. The second-order valence-corrected chi connectivity index (χ2v) is 4.29. The fourth-order valence-electron chi connectivity index (χ4n) is 1.97. The van der Waals surface area contributed by atoms with Crippen molar-refractivity contribution in [3.8, 4) is 11.5 Å². The first-order valence-electron chi connectivity index (χ1n) is 5.10. The van der Waals surface area contributed by atoms with Gasteiger partial charge in [-0.15, -0.1) is 0 Å². The molecule has 0 bridgehead atoms. The third-order valence-corrected chi connectivity index (χ3v) is 3.32. The lowest BCUT2D eigenvalue weighted by atomic mass is 9.96. The van der Waals surface area contributed by atoms with Crippen LogP contribution in [0.1, 0.15) is 18.9 Å². The van der Waals surface area contributed by atoms with Crippen molar-refractivity contribution < 1.29 is 9.47 Å². The second kappa shape index (κ2) is 3.42. The number of nitrogens with two attached hydrogens (primary N) is 1. The molecule has 0 saturated heterocycles. The Kier molecular flexibility index (Phi) is 2.35. The number of benzene rings is 1. The molecule has 3 nitrogen and oxygen atoms in total. The molecule has 1 fully saturated rings. The van der Waals surface area contributed by atoms with E-state index < -0.39 is 0 Å². The second-order valence-electron chi connectivity index (χ2n) is 4.29. The SMILES string of the molecule is COc1ccc(OC)c(C2(C)CC2N)c1. The van der Waals surface area contributed by atoms with Crippen LogP contribution in [0.5, 0.6) is 11.5 Å². The van der Waals surface area contributed by atoms with Crippen molar-refractivity contribution in [3.05, 3.63) is 23.8 Å². The van der Waals surface area contributed by atoms with Gasteiger partial charge in [-0.25, -0.2) is 0 Å². The number of ether oxygens (including phenoxy) is 2. The summed E-state index contributed by atoms with van der Waals surface area (Å²) in [7, 11) is 3.35. The van der Waals surface area contributed by atoms with Gasteiger partial charge in [0.25, 0.3) is 0 Å². The highest BCUT2D eigenvalue weighted by Crippen LogP contribution is 2.50. The molecule has 0 spiro atoms. The van der Waals surface area contributed by atoms with Gasteiger partial charge in [0, 0.05) is 17.0 Å². The number of methoxy groups -OCH3 is 2. The molecule has 0 radical (unpaired) electrons. The largest absolute Gasteiger partial charge is 0.497 e. The van der Waals surface area contributed by atoms with Crippen molar-refractivity contribution in [1.29, 1.82) is 0 Å². The molecular formula is C12H17NO2. The highest BCUT2D eigenvalue weighted by atomic mass is 16.5. The highest BCUT2D eigenvalue weighted by Gasteiger charge is 2.50. The van der Waals surface area contributed by atoms with Crippen LogP contribution >= 0.6 is 0 Å². The smallest absolute Gasteiger partial charge is 0.122 e. The van der Waals surface area contributed by atoms with Gasteiger partial charge in [0.05, 0.1) is 14.2 Å². The maximum Gasteiger partial charge on any atom is 0.122 e. The molecule has 1 aromatic rings. The average Bonchev–Trinajstić information content (AvgIpc) is 2.87. The van der Waals surface area contributed by atoms with Crippen LogP contribution in [0.3, 0.4) is 0 Å². The molecule has 2 unspecified atom stereocenters. The number of hydrogen-bond acceptors (Lipinski definition) is 3. The van der Waals surface area contributed by atoms with Crippen LogP contribution in [0, 0.1) is 0 Å². The predicted octanol–water partition coefficient (Wildman–Crippen LogP) is 1.69. The van der Waals surface area contributed by atoms with Gasteiger partial charge in [-0.2, -0.15) is 0 Å². The van der Waals surface area contributed by atoms with Crippen LogP contribution in [0.25, 0.3) is 0 Å². The lowest BCUT2D eigenvalue weighted by molar-refractivity contribution is 0.394. The molecule has 3 heteroatoms. The molecule has 0 heterocycles. The molecule has 1 aliphatic carbocycles. The minimum atomic E-state index is 0.0554. The summed E-state index contributed by atoms with van der Waals surface area (Å²) in [5.41, 5.74) is 7.16. The summed E-state index contributed by atoms with van der Waals surface area (Å²) in [5.74, 6) is 1.75. The highest BCUT2D eigenvalue weighted by molar-refractivity contribution is 5.49. The monoisotopic (exact) mass is 207 g/mol. The van der Waals surface area contributed by atoms with E-state index in [4.69, 9.17) is 15.2 Å². The molecule has 2 atom stereocenters. The van der Waals surface area contributed by atoms with Gasteiger partial charge in [-0.3, -0.25) is 0 Å². The Morgan fingerprint density at radius 3 is 2.47 bits per heavy atom. The van der Waals surface area contributed by atoms with E-state index in [1.165, 1.54) is 0 Å². The molecule has 0 aliphatic heterocycles. The molecule has 0 amide bonds. The number of rotatable bonds is 3. The Bertz CT molecular complexity index is 378. The summed E-state index contributed by atoms with van der Waals surface area (Å²) in [5, 5.41) is 0. The van der Waals surface area contributed by atoms with Crippen LogP contribution in [0.4, 0.5) is 0 Å². The topological polar surface area (TPSA) is 44.5 Å². The van der Waals surface area contributed by atoms with Gasteiger partial charge in [-0.1, -0.05) is 6.92 Å². The lowest BCUT2D eigenvalue weighted by Crippen LogP contribution is -2.15. The zero-order valence-corrected chi connectivity index (χ0v) is 9.41. The van der Waals surface area contributed by atoms with E-state index in [1.807, 2.05) is 18.2 Å². The van der Waals surface area contributed by atoms with Gasteiger partial charge in [0.1, 0.15) is 11.5 Å². The van der Waals surface area contributed by atoms with Crippen molar-refractivity contribution in [3.63, 3.8) is 0 Å². The summed E-state index contributed by atoms with van der Waals surface area (Å²) in [6, 6.07) is 6.09. The third-order valence-electron chi connectivity index (χ3n) is 3.32. The Morgan fingerprint density at radius 2 is 2.00 bits per heavy atom. The summed E-state index contributed by atoms with van der Waals surface area (Å²) in [4.78, 5) is 0. The molecule has 2 N–H and O–H groups in total. The Balaban J connectivity index is 2.43. The first-order chi connectivity index (χ1) is 7.11. The molecule has 15 heavy (non-hydrogen) atoms. The minimum absolute atomic E-state index is 0.0554. The first-order valence-corrected chi connectivity index (χ1v) is 5.10. The van der Waals surface area contributed by atoms with E-state index in [9.17, 15) is 0 Å². The fraction of sp³-hybridized carbons (Fsp3) is 0.500. The van der Waals surface area contributed by atoms with Crippen molar-refractivity contribution in [2.24, 2.45) is 5.73 Å². The molecule has 1 saturated carbocycles. The first kappa shape index (κ1) is 10.3. The van der Waals surface area contributed by atoms with Crippen LogP contribution in [-0.4, -0.2) is 20.3 Å². The van der Waals surface area contributed by atoms with E-state index in [2.05, 4.69) is 6.92 Å². The summed E-state index contributed by atoms with van der Waals surface area (Å²) < 4.78 is 10.6. The summed E-state index contributed by atoms with van der Waals surface area (Å²) in [6.07, 6.45) is 1.01. The van der Waals surface area contributed by atoms with Gasteiger partial charge in [0.2, 0.25) is 0 Å². The average molecular weight is 207 g/mol. The molecule has 0 aromatic heterocycles. The lowest BCUT2D eigenvalue weighted by Gasteiger charge is -2.16. The maximum atomic E-state index is 5.95.